The predicted octanol–water partition coefficient (Wildman–Crippen LogP) is 3.58. The number of hydrogen-bond acceptors (Lipinski definition) is 3. The van der Waals surface area contributed by atoms with Gasteiger partial charge in [0.05, 0.1) is 17.3 Å². The lowest BCUT2D eigenvalue weighted by Gasteiger charge is -2.27. The van der Waals surface area contributed by atoms with E-state index >= 15 is 0 Å². The first-order valence-electron chi connectivity index (χ1n) is 9.20. The summed E-state index contributed by atoms with van der Waals surface area (Å²) in [5, 5.41) is 8.45. The molecule has 0 aliphatic heterocycles. The van der Waals surface area contributed by atoms with Crippen LogP contribution < -0.4 is 16.0 Å². The lowest BCUT2D eigenvalue weighted by Crippen LogP contribution is -2.52. The van der Waals surface area contributed by atoms with E-state index in [4.69, 9.17) is 11.6 Å². The molecular formula is C21H25ClN4O3. The van der Waals surface area contributed by atoms with E-state index in [1.54, 1.807) is 48.5 Å². The number of likely N-dealkylation sites (N-methyl/N-ethyl adjacent to an activating group) is 1. The van der Waals surface area contributed by atoms with Crippen molar-refractivity contribution in [1.29, 1.82) is 0 Å². The van der Waals surface area contributed by atoms with Gasteiger partial charge in [0, 0.05) is 12.7 Å². The molecule has 0 radical (unpaired) electrons. The smallest absolute Gasteiger partial charge is 0.319 e. The lowest BCUT2D eigenvalue weighted by atomic mass is 10.0. The Morgan fingerprint density at radius 1 is 0.966 bits per heavy atom. The van der Waals surface area contributed by atoms with Crippen molar-refractivity contribution in [3.63, 3.8) is 0 Å². The van der Waals surface area contributed by atoms with Crippen LogP contribution in [0.3, 0.4) is 0 Å². The molecule has 0 heterocycles. The molecule has 7 nitrogen and oxygen atoms in total. The molecule has 0 aliphatic rings. The van der Waals surface area contributed by atoms with Gasteiger partial charge >= 0.3 is 6.03 Å². The molecule has 0 spiro atoms. The summed E-state index contributed by atoms with van der Waals surface area (Å²) in [5.74, 6) is -0.916. The first-order valence-corrected chi connectivity index (χ1v) is 9.57. The van der Waals surface area contributed by atoms with E-state index in [-0.39, 0.29) is 24.3 Å². The first kappa shape index (κ1) is 22.2. The number of amides is 4. The first-order chi connectivity index (χ1) is 13.8. The molecule has 0 saturated heterocycles. The van der Waals surface area contributed by atoms with E-state index in [1.807, 2.05) is 19.9 Å². The SMILES string of the molecule is CC(C)C(NC(=O)Nc1ccccc1)C(=O)N(C)CC(=O)Nc1ccccc1Cl. The lowest BCUT2D eigenvalue weighted by molar-refractivity contribution is -0.135. The van der Waals surface area contributed by atoms with Crippen molar-refractivity contribution in [3.05, 3.63) is 59.6 Å². The molecule has 0 aromatic heterocycles. The third kappa shape index (κ3) is 6.80. The summed E-state index contributed by atoms with van der Waals surface area (Å²) in [4.78, 5) is 38.6. The quantitative estimate of drug-likeness (QED) is 0.644. The van der Waals surface area contributed by atoms with Crippen LogP contribution in [0.25, 0.3) is 0 Å². The third-order valence-electron chi connectivity index (χ3n) is 4.16. The second kappa shape index (κ2) is 10.5. The summed E-state index contributed by atoms with van der Waals surface area (Å²) < 4.78 is 0. The van der Waals surface area contributed by atoms with Gasteiger partial charge in [-0.25, -0.2) is 4.79 Å². The Morgan fingerprint density at radius 2 is 1.59 bits per heavy atom. The zero-order valence-corrected chi connectivity index (χ0v) is 17.4. The summed E-state index contributed by atoms with van der Waals surface area (Å²) in [6.07, 6.45) is 0. The van der Waals surface area contributed by atoms with Gasteiger partial charge in [0.15, 0.2) is 0 Å². The van der Waals surface area contributed by atoms with Gasteiger partial charge in [-0.15, -0.1) is 0 Å². The van der Waals surface area contributed by atoms with Gasteiger partial charge in [-0.05, 0) is 30.2 Å². The minimum Gasteiger partial charge on any atom is -0.335 e. The molecule has 0 saturated carbocycles. The number of anilines is 2. The van der Waals surface area contributed by atoms with E-state index in [0.717, 1.165) is 0 Å². The number of urea groups is 1. The highest BCUT2D eigenvalue weighted by atomic mass is 35.5. The topological polar surface area (TPSA) is 90.5 Å². The highest BCUT2D eigenvalue weighted by Crippen LogP contribution is 2.20. The van der Waals surface area contributed by atoms with Crippen LogP contribution in [-0.4, -0.2) is 42.4 Å². The Kier molecular flexibility index (Phi) is 8.03. The van der Waals surface area contributed by atoms with Crippen LogP contribution >= 0.6 is 11.6 Å². The number of nitrogens with one attached hydrogen (secondary N) is 3. The maximum absolute atomic E-state index is 12.8. The van der Waals surface area contributed by atoms with Crippen LogP contribution in [0.1, 0.15) is 13.8 Å². The van der Waals surface area contributed by atoms with E-state index in [1.165, 1.54) is 11.9 Å². The van der Waals surface area contributed by atoms with E-state index in [2.05, 4.69) is 16.0 Å². The van der Waals surface area contributed by atoms with Gasteiger partial charge in [0.25, 0.3) is 0 Å². The molecule has 2 aromatic carbocycles. The Labute approximate surface area is 175 Å². The monoisotopic (exact) mass is 416 g/mol. The number of nitrogens with zero attached hydrogens (tertiary/aromatic N) is 1. The second-order valence-corrected chi connectivity index (χ2v) is 7.32. The van der Waals surface area contributed by atoms with Crippen LogP contribution in [0.5, 0.6) is 0 Å². The molecule has 154 valence electrons. The summed E-state index contributed by atoms with van der Waals surface area (Å²) in [6, 6.07) is 14.5. The standard InChI is InChI=1S/C21H25ClN4O3/c1-14(2)19(25-21(29)23-15-9-5-4-6-10-15)20(28)26(3)13-18(27)24-17-12-8-7-11-16(17)22/h4-12,14,19H,13H2,1-3H3,(H,24,27)(H2,23,25,29). The molecular weight excluding hydrogens is 392 g/mol. The summed E-state index contributed by atoms with van der Waals surface area (Å²) in [5.41, 5.74) is 1.09. The fourth-order valence-corrected chi connectivity index (χ4v) is 2.81. The molecule has 2 rings (SSSR count). The Balaban J connectivity index is 1.95. The molecule has 0 bridgehead atoms. The predicted molar refractivity (Wildman–Crippen MR) is 115 cm³/mol. The van der Waals surface area contributed by atoms with E-state index < -0.39 is 12.1 Å². The van der Waals surface area contributed by atoms with Crippen LogP contribution in [0.4, 0.5) is 16.2 Å². The average Bonchev–Trinajstić information content (AvgIpc) is 2.68. The molecule has 0 fully saturated rings. The third-order valence-corrected chi connectivity index (χ3v) is 4.49. The van der Waals surface area contributed by atoms with E-state index in [0.29, 0.717) is 16.4 Å². The summed E-state index contributed by atoms with van der Waals surface area (Å²) >= 11 is 6.03. The number of halogens is 1. The molecule has 1 unspecified atom stereocenters. The zero-order valence-electron chi connectivity index (χ0n) is 16.6. The molecule has 0 aliphatic carbocycles. The van der Waals surface area contributed by atoms with Crippen molar-refractivity contribution >= 4 is 40.8 Å². The minimum absolute atomic E-state index is 0.168. The Hall–Kier alpha value is -3.06. The number of carbonyl (C=O) groups is 3. The van der Waals surface area contributed by atoms with Crippen LogP contribution in [0, 0.1) is 5.92 Å². The Bertz CT molecular complexity index is 858. The van der Waals surface area contributed by atoms with E-state index in [9.17, 15) is 14.4 Å². The molecule has 29 heavy (non-hydrogen) atoms. The molecule has 4 amide bonds. The summed E-state index contributed by atoms with van der Waals surface area (Å²) in [7, 11) is 1.51. The van der Waals surface area contributed by atoms with Crippen molar-refractivity contribution in [2.45, 2.75) is 19.9 Å². The minimum atomic E-state index is -0.781. The number of benzene rings is 2. The largest absolute Gasteiger partial charge is 0.335 e. The fourth-order valence-electron chi connectivity index (χ4n) is 2.63. The number of para-hydroxylation sites is 2. The normalized spacial score (nSPS) is 11.5. The highest BCUT2D eigenvalue weighted by Gasteiger charge is 2.28. The number of rotatable bonds is 7. The molecule has 8 heteroatoms. The molecule has 3 N–H and O–H groups in total. The molecule has 2 aromatic rings. The second-order valence-electron chi connectivity index (χ2n) is 6.91. The van der Waals surface area contributed by atoms with Gasteiger partial charge < -0.3 is 20.9 Å². The zero-order chi connectivity index (χ0) is 21.4. The van der Waals surface area contributed by atoms with Crippen molar-refractivity contribution in [2.75, 3.05) is 24.2 Å². The van der Waals surface area contributed by atoms with Crippen LogP contribution in [-0.2, 0) is 9.59 Å². The van der Waals surface area contributed by atoms with Gasteiger partial charge in [0.1, 0.15) is 6.04 Å². The van der Waals surface area contributed by atoms with Crippen LogP contribution in [0.15, 0.2) is 54.6 Å². The number of hydrogen-bond donors (Lipinski definition) is 3. The van der Waals surface area contributed by atoms with Gasteiger partial charge in [-0.3, -0.25) is 9.59 Å². The molecule has 1 atom stereocenters. The Morgan fingerprint density at radius 3 is 2.21 bits per heavy atom. The maximum Gasteiger partial charge on any atom is 0.319 e. The van der Waals surface area contributed by atoms with Crippen LogP contribution in [0.2, 0.25) is 5.02 Å². The maximum atomic E-state index is 12.8. The van der Waals surface area contributed by atoms with Gasteiger partial charge in [-0.2, -0.15) is 0 Å². The number of carbonyl (C=O) groups excluding carboxylic acids is 3. The highest BCUT2D eigenvalue weighted by molar-refractivity contribution is 6.33. The summed E-state index contributed by atoms with van der Waals surface area (Å²) in [6.45, 7) is 3.47. The average molecular weight is 417 g/mol. The van der Waals surface area contributed by atoms with Crippen molar-refractivity contribution in [1.82, 2.24) is 10.2 Å². The fraction of sp³-hybridized carbons (Fsp3) is 0.286. The van der Waals surface area contributed by atoms with Crippen molar-refractivity contribution in [2.24, 2.45) is 5.92 Å². The van der Waals surface area contributed by atoms with Gasteiger partial charge in [-0.1, -0.05) is 55.8 Å². The van der Waals surface area contributed by atoms with Crippen molar-refractivity contribution in [3.8, 4) is 0 Å². The van der Waals surface area contributed by atoms with Crippen molar-refractivity contribution < 1.29 is 14.4 Å². The van der Waals surface area contributed by atoms with Gasteiger partial charge in [0.2, 0.25) is 11.8 Å².